The van der Waals surface area contributed by atoms with Crippen molar-refractivity contribution in [1.29, 1.82) is 0 Å². The largest absolute Gasteiger partial charge is 0.368 e. The molecule has 0 spiro atoms. The Morgan fingerprint density at radius 2 is 2.50 bits per heavy atom. The highest BCUT2D eigenvalue weighted by molar-refractivity contribution is 6.25. The third-order valence-corrected chi connectivity index (χ3v) is 1.55. The number of hydrogen-bond acceptors (Lipinski definition) is 2. The fourth-order valence-electron chi connectivity index (χ4n) is 0.858. The van der Waals surface area contributed by atoms with Crippen molar-refractivity contribution < 1.29 is 0 Å². The zero-order chi connectivity index (χ0) is 7.40. The van der Waals surface area contributed by atoms with Crippen LogP contribution >= 0.6 is 11.6 Å². The van der Waals surface area contributed by atoms with Gasteiger partial charge in [0, 0.05) is 5.54 Å². The summed E-state index contributed by atoms with van der Waals surface area (Å²) in [5.74, 6) is 0. The lowest BCUT2D eigenvalue weighted by atomic mass is 10.1. The van der Waals surface area contributed by atoms with Gasteiger partial charge in [-0.25, -0.2) is 0 Å². The van der Waals surface area contributed by atoms with Crippen LogP contribution < -0.4 is 5.32 Å². The second-order valence-corrected chi connectivity index (χ2v) is 2.27. The Balaban J connectivity index is 2.56. The number of rotatable bonds is 2. The number of aliphatic imine (C=N–C) groups is 1. The van der Waals surface area contributed by atoms with Crippen LogP contribution in [0.1, 0.15) is 0 Å². The molecule has 0 fully saturated rings. The average molecular weight is 157 g/mol. The first-order chi connectivity index (χ1) is 4.88. The van der Waals surface area contributed by atoms with Crippen molar-refractivity contribution in [2.75, 3.05) is 0 Å². The van der Waals surface area contributed by atoms with Crippen molar-refractivity contribution in [3.05, 3.63) is 24.3 Å². The maximum absolute atomic E-state index is 5.39. The van der Waals surface area contributed by atoms with Gasteiger partial charge in [0.25, 0.3) is 0 Å². The maximum atomic E-state index is 5.39. The molecule has 1 N–H and O–H groups in total. The van der Waals surface area contributed by atoms with Crippen LogP contribution in [-0.2, 0) is 0 Å². The minimum absolute atomic E-state index is 0.120. The van der Waals surface area contributed by atoms with Gasteiger partial charge in [0.15, 0.2) is 0 Å². The van der Waals surface area contributed by atoms with Gasteiger partial charge in [0.2, 0.25) is 0 Å². The molecule has 0 aliphatic carbocycles. The average Bonchev–Trinajstić information content (AvgIpc) is 2.36. The van der Waals surface area contributed by atoms with E-state index in [0.29, 0.717) is 0 Å². The van der Waals surface area contributed by atoms with Crippen molar-refractivity contribution >= 4 is 17.9 Å². The van der Waals surface area contributed by atoms with Gasteiger partial charge in [-0.1, -0.05) is 17.7 Å². The third-order valence-electron chi connectivity index (χ3n) is 1.41. The summed E-state index contributed by atoms with van der Waals surface area (Å²) in [7, 11) is 0. The molecule has 2 nitrogen and oxygen atoms in total. The SMILES string of the molecule is C=CC1NC=NC1/C=C/Cl. The number of halogens is 1. The van der Waals surface area contributed by atoms with E-state index in [2.05, 4.69) is 16.9 Å². The summed E-state index contributed by atoms with van der Waals surface area (Å²) >= 11 is 5.39. The standard InChI is InChI=1S/C7H9ClN2/c1-2-6-7(3-4-8)10-5-9-6/h2-7H,1H2,(H,9,10)/b4-3+. The number of hydrogen-bond donors (Lipinski definition) is 1. The second kappa shape index (κ2) is 3.42. The van der Waals surface area contributed by atoms with E-state index in [0.717, 1.165) is 0 Å². The molecule has 54 valence electrons. The monoisotopic (exact) mass is 156 g/mol. The molecule has 2 unspecified atom stereocenters. The summed E-state index contributed by atoms with van der Waals surface area (Å²) in [5.41, 5.74) is 1.48. The third kappa shape index (κ3) is 1.39. The zero-order valence-electron chi connectivity index (χ0n) is 5.50. The highest BCUT2D eigenvalue weighted by Gasteiger charge is 2.16. The molecule has 0 radical (unpaired) electrons. The summed E-state index contributed by atoms with van der Waals surface area (Å²) in [6.45, 7) is 3.66. The van der Waals surface area contributed by atoms with Crippen LogP contribution in [0.5, 0.6) is 0 Å². The molecular formula is C7H9ClN2. The summed E-state index contributed by atoms with van der Waals surface area (Å²) < 4.78 is 0. The minimum atomic E-state index is 0.120. The van der Waals surface area contributed by atoms with Crippen LogP contribution in [0.3, 0.4) is 0 Å². The van der Waals surface area contributed by atoms with Crippen LogP contribution in [-0.4, -0.2) is 18.4 Å². The number of nitrogens with one attached hydrogen (secondary N) is 1. The molecular weight excluding hydrogens is 148 g/mol. The Morgan fingerprint density at radius 3 is 3.10 bits per heavy atom. The minimum Gasteiger partial charge on any atom is -0.368 e. The van der Waals surface area contributed by atoms with E-state index < -0.39 is 0 Å². The van der Waals surface area contributed by atoms with Crippen molar-refractivity contribution in [3.8, 4) is 0 Å². The Labute approximate surface area is 65.3 Å². The fourth-order valence-corrected chi connectivity index (χ4v) is 1.01. The molecule has 0 saturated carbocycles. The van der Waals surface area contributed by atoms with Crippen molar-refractivity contribution in [3.63, 3.8) is 0 Å². The lowest BCUT2D eigenvalue weighted by Crippen LogP contribution is -2.27. The lowest BCUT2D eigenvalue weighted by molar-refractivity contribution is 0.705. The van der Waals surface area contributed by atoms with E-state index in [9.17, 15) is 0 Å². The quantitative estimate of drug-likeness (QED) is 0.599. The zero-order valence-corrected chi connectivity index (χ0v) is 6.25. The van der Waals surface area contributed by atoms with Gasteiger partial charge in [-0.2, -0.15) is 0 Å². The van der Waals surface area contributed by atoms with Gasteiger partial charge in [-0.3, -0.25) is 4.99 Å². The van der Waals surface area contributed by atoms with Crippen LogP contribution in [0, 0.1) is 0 Å². The lowest BCUT2D eigenvalue weighted by Gasteiger charge is -2.08. The molecule has 0 aromatic rings. The normalized spacial score (nSPS) is 30.9. The van der Waals surface area contributed by atoms with E-state index in [1.807, 2.05) is 12.2 Å². The van der Waals surface area contributed by atoms with Crippen LogP contribution in [0.4, 0.5) is 0 Å². The molecule has 3 heteroatoms. The molecule has 1 rings (SSSR count). The molecule has 0 aromatic heterocycles. The second-order valence-electron chi connectivity index (χ2n) is 2.02. The highest BCUT2D eigenvalue weighted by atomic mass is 35.5. The van der Waals surface area contributed by atoms with E-state index in [4.69, 9.17) is 11.6 Å². The van der Waals surface area contributed by atoms with Crippen LogP contribution in [0.2, 0.25) is 0 Å². The van der Waals surface area contributed by atoms with E-state index in [1.54, 1.807) is 6.34 Å². The Morgan fingerprint density at radius 1 is 1.70 bits per heavy atom. The van der Waals surface area contributed by atoms with Crippen LogP contribution in [0.25, 0.3) is 0 Å². The summed E-state index contributed by atoms with van der Waals surface area (Å²) in [6, 6.07) is 0.324. The van der Waals surface area contributed by atoms with Gasteiger partial charge in [0.1, 0.15) is 0 Å². The first-order valence-electron chi connectivity index (χ1n) is 3.05. The highest BCUT2D eigenvalue weighted by Crippen LogP contribution is 2.06. The molecule has 10 heavy (non-hydrogen) atoms. The first kappa shape index (κ1) is 7.35. The van der Waals surface area contributed by atoms with Gasteiger partial charge in [0.05, 0.1) is 18.4 Å². The van der Waals surface area contributed by atoms with E-state index in [-0.39, 0.29) is 12.1 Å². The molecule has 0 amide bonds. The molecule has 0 aromatic carbocycles. The molecule has 0 bridgehead atoms. The Hall–Kier alpha value is -0.760. The molecule has 1 aliphatic heterocycles. The Kier molecular flexibility index (Phi) is 2.51. The van der Waals surface area contributed by atoms with Gasteiger partial charge < -0.3 is 5.32 Å². The van der Waals surface area contributed by atoms with E-state index >= 15 is 0 Å². The van der Waals surface area contributed by atoms with Gasteiger partial charge in [-0.15, -0.1) is 6.58 Å². The van der Waals surface area contributed by atoms with Crippen molar-refractivity contribution in [2.24, 2.45) is 4.99 Å². The summed E-state index contributed by atoms with van der Waals surface area (Å²) in [6.07, 6.45) is 5.31. The van der Waals surface area contributed by atoms with Gasteiger partial charge >= 0.3 is 0 Å². The molecule has 1 heterocycles. The molecule has 1 aliphatic rings. The van der Waals surface area contributed by atoms with Gasteiger partial charge in [-0.05, 0) is 6.08 Å². The van der Waals surface area contributed by atoms with E-state index in [1.165, 1.54) is 5.54 Å². The predicted octanol–water partition coefficient (Wildman–Crippen LogP) is 1.29. The topological polar surface area (TPSA) is 24.4 Å². The molecule has 0 saturated heterocycles. The van der Waals surface area contributed by atoms with Crippen molar-refractivity contribution in [2.45, 2.75) is 12.1 Å². The smallest absolute Gasteiger partial charge is 0.0945 e. The summed E-state index contributed by atoms with van der Waals surface area (Å²) in [5, 5.41) is 3.02. The first-order valence-corrected chi connectivity index (χ1v) is 3.49. The number of nitrogens with zero attached hydrogens (tertiary/aromatic N) is 1. The predicted molar refractivity (Wildman–Crippen MR) is 44.4 cm³/mol. The summed E-state index contributed by atoms with van der Waals surface area (Å²) in [4.78, 5) is 4.10. The van der Waals surface area contributed by atoms with Crippen LogP contribution in [0.15, 0.2) is 29.3 Å². The maximum Gasteiger partial charge on any atom is 0.0945 e. The fraction of sp³-hybridized carbons (Fsp3) is 0.286. The molecule has 2 atom stereocenters. The Bertz CT molecular complexity index is 174. The van der Waals surface area contributed by atoms with Crippen molar-refractivity contribution in [1.82, 2.24) is 5.32 Å².